The van der Waals surface area contributed by atoms with Crippen molar-refractivity contribution in [1.82, 2.24) is 5.32 Å². The summed E-state index contributed by atoms with van der Waals surface area (Å²) in [5, 5.41) is 2.82. The molecule has 1 aromatic rings. The molecule has 82 valence electrons. The van der Waals surface area contributed by atoms with Crippen LogP contribution >= 0.6 is 23.8 Å². The lowest BCUT2D eigenvalue weighted by Crippen LogP contribution is -2.33. The van der Waals surface area contributed by atoms with Gasteiger partial charge in [0.1, 0.15) is 0 Å². The summed E-state index contributed by atoms with van der Waals surface area (Å²) in [4.78, 5) is 11.8. The van der Waals surface area contributed by atoms with Crippen molar-refractivity contribution in [1.29, 1.82) is 0 Å². The Morgan fingerprint density at radius 2 is 2.40 bits per heavy atom. The number of hydrogen-bond acceptors (Lipinski definition) is 3. The Bertz CT molecular complexity index is 378. The fourth-order valence-electron chi connectivity index (χ4n) is 0.870. The van der Waals surface area contributed by atoms with Crippen molar-refractivity contribution in [2.45, 2.75) is 6.92 Å². The molecule has 0 fully saturated rings. The van der Waals surface area contributed by atoms with E-state index in [1.165, 1.54) is 12.1 Å². The Hall–Kier alpha value is -1.07. The SMILES string of the molecule is CC(CNC(=O)c1ccc(Cl)o1)C(N)=S. The van der Waals surface area contributed by atoms with Crippen LogP contribution in [-0.4, -0.2) is 17.4 Å². The maximum atomic E-state index is 11.4. The molecule has 1 aromatic heterocycles. The third-order valence-corrected chi connectivity index (χ3v) is 2.46. The number of carbonyl (C=O) groups excluding carboxylic acids is 1. The van der Waals surface area contributed by atoms with E-state index in [1.54, 1.807) is 0 Å². The first-order valence-corrected chi connectivity index (χ1v) is 5.12. The molecule has 0 bridgehead atoms. The Morgan fingerprint density at radius 1 is 1.73 bits per heavy atom. The molecule has 3 N–H and O–H groups in total. The van der Waals surface area contributed by atoms with Gasteiger partial charge in [-0.15, -0.1) is 0 Å². The summed E-state index contributed by atoms with van der Waals surface area (Å²) in [6, 6.07) is 3.01. The van der Waals surface area contributed by atoms with Gasteiger partial charge in [0.15, 0.2) is 11.0 Å². The molecule has 0 aliphatic rings. The molecule has 0 saturated heterocycles. The third-order valence-electron chi connectivity index (χ3n) is 1.85. The second-order valence-electron chi connectivity index (χ2n) is 3.12. The van der Waals surface area contributed by atoms with Crippen LogP contribution < -0.4 is 11.1 Å². The van der Waals surface area contributed by atoms with Crippen molar-refractivity contribution >= 4 is 34.7 Å². The summed E-state index contributed by atoms with van der Waals surface area (Å²) in [5.41, 5.74) is 5.40. The summed E-state index contributed by atoms with van der Waals surface area (Å²) in [6.45, 7) is 2.21. The normalized spacial score (nSPS) is 12.1. The van der Waals surface area contributed by atoms with E-state index < -0.39 is 0 Å². The third kappa shape index (κ3) is 3.53. The van der Waals surface area contributed by atoms with Gasteiger partial charge in [0.2, 0.25) is 0 Å². The Kier molecular flexibility index (Phi) is 4.11. The van der Waals surface area contributed by atoms with E-state index in [4.69, 9.17) is 34.0 Å². The van der Waals surface area contributed by atoms with Gasteiger partial charge in [-0.3, -0.25) is 4.79 Å². The van der Waals surface area contributed by atoms with E-state index in [0.29, 0.717) is 11.5 Å². The first kappa shape index (κ1) is 12.0. The summed E-state index contributed by atoms with van der Waals surface area (Å²) >= 11 is 10.3. The highest BCUT2D eigenvalue weighted by Gasteiger charge is 2.12. The van der Waals surface area contributed by atoms with Crippen LogP contribution in [0.1, 0.15) is 17.5 Å². The topological polar surface area (TPSA) is 68.3 Å². The zero-order valence-corrected chi connectivity index (χ0v) is 9.69. The lowest BCUT2D eigenvalue weighted by Gasteiger charge is -2.09. The van der Waals surface area contributed by atoms with Crippen LogP contribution in [0.4, 0.5) is 0 Å². The second kappa shape index (κ2) is 5.14. The van der Waals surface area contributed by atoms with Crippen molar-refractivity contribution in [3.05, 3.63) is 23.1 Å². The van der Waals surface area contributed by atoms with Crippen molar-refractivity contribution in [3.63, 3.8) is 0 Å². The van der Waals surface area contributed by atoms with Gasteiger partial charge < -0.3 is 15.5 Å². The number of halogens is 1. The number of thiocarbonyl (C=S) groups is 1. The monoisotopic (exact) mass is 246 g/mol. The molecule has 15 heavy (non-hydrogen) atoms. The summed E-state index contributed by atoms with van der Waals surface area (Å²) in [6.07, 6.45) is 0. The molecule has 0 radical (unpaired) electrons. The first-order chi connectivity index (χ1) is 7.00. The van der Waals surface area contributed by atoms with E-state index in [2.05, 4.69) is 5.32 Å². The predicted octanol–water partition coefficient (Wildman–Crippen LogP) is 1.59. The van der Waals surface area contributed by atoms with Crippen molar-refractivity contribution in [3.8, 4) is 0 Å². The fourth-order valence-corrected chi connectivity index (χ4v) is 1.10. The van der Waals surface area contributed by atoms with Crippen LogP contribution in [0.25, 0.3) is 0 Å². The highest BCUT2D eigenvalue weighted by molar-refractivity contribution is 7.80. The molecule has 4 nitrogen and oxygen atoms in total. The largest absolute Gasteiger partial charge is 0.440 e. The van der Waals surface area contributed by atoms with Gasteiger partial charge >= 0.3 is 0 Å². The van der Waals surface area contributed by atoms with Crippen molar-refractivity contribution in [2.24, 2.45) is 11.7 Å². The number of rotatable bonds is 4. The molecule has 1 unspecified atom stereocenters. The van der Waals surface area contributed by atoms with Gasteiger partial charge in [0.05, 0.1) is 4.99 Å². The number of carbonyl (C=O) groups is 1. The smallest absolute Gasteiger partial charge is 0.287 e. The molecule has 1 rings (SSSR count). The number of nitrogens with two attached hydrogens (primary N) is 1. The average Bonchev–Trinajstić information content (AvgIpc) is 2.60. The molecule has 0 aliphatic carbocycles. The minimum absolute atomic E-state index is 0.0469. The molecule has 0 saturated carbocycles. The number of furan rings is 1. The first-order valence-electron chi connectivity index (χ1n) is 4.33. The summed E-state index contributed by atoms with van der Waals surface area (Å²) in [7, 11) is 0. The second-order valence-corrected chi connectivity index (χ2v) is 3.96. The van der Waals surface area contributed by atoms with Crippen LogP contribution in [0, 0.1) is 5.92 Å². The Morgan fingerprint density at radius 3 is 2.87 bits per heavy atom. The Balaban J connectivity index is 2.47. The highest BCUT2D eigenvalue weighted by Crippen LogP contribution is 2.12. The molecule has 1 heterocycles. The van der Waals surface area contributed by atoms with Gasteiger partial charge in [-0.05, 0) is 23.7 Å². The fraction of sp³-hybridized carbons (Fsp3) is 0.333. The summed E-state index contributed by atoms with van der Waals surface area (Å²) in [5.74, 6) is -0.200. The average molecular weight is 247 g/mol. The standard InChI is InChI=1S/C9H11ClN2O2S/c1-5(8(11)15)4-12-9(13)6-2-3-7(10)14-6/h2-3,5H,4H2,1H3,(H2,11,15)(H,12,13). The molecule has 1 atom stereocenters. The zero-order chi connectivity index (χ0) is 11.4. The molecule has 0 aromatic carbocycles. The highest BCUT2D eigenvalue weighted by atomic mass is 35.5. The van der Waals surface area contributed by atoms with E-state index in [0.717, 1.165) is 0 Å². The zero-order valence-electron chi connectivity index (χ0n) is 8.12. The van der Waals surface area contributed by atoms with Crippen LogP contribution in [0.3, 0.4) is 0 Å². The van der Waals surface area contributed by atoms with E-state index in [-0.39, 0.29) is 22.8 Å². The van der Waals surface area contributed by atoms with E-state index in [9.17, 15) is 4.79 Å². The van der Waals surface area contributed by atoms with Gasteiger partial charge in [-0.1, -0.05) is 19.1 Å². The quantitative estimate of drug-likeness (QED) is 0.792. The summed E-state index contributed by atoms with van der Waals surface area (Å²) < 4.78 is 4.93. The van der Waals surface area contributed by atoms with Crippen LogP contribution in [0.5, 0.6) is 0 Å². The van der Waals surface area contributed by atoms with Gasteiger partial charge in [-0.2, -0.15) is 0 Å². The number of nitrogens with one attached hydrogen (secondary N) is 1. The van der Waals surface area contributed by atoms with E-state index in [1.807, 2.05) is 6.92 Å². The van der Waals surface area contributed by atoms with E-state index >= 15 is 0 Å². The lowest BCUT2D eigenvalue weighted by atomic mass is 10.2. The maximum absolute atomic E-state index is 11.4. The number of amides is 1. The van der Waals surface area contributed by atoms with Crippen molar-refractivity contribution < 1.29 is 9.21 Å². The number of hydrogen-bond donors (Lipinski definition) is 2. The molecule has 0 spiro atoms. The van der Waals surface area contributed by atoms with Crippen molar-refractivity contribution in [2.75, 3.05) is 6.54 Å². The lowest BCUT2D eigenvalue weighted by molar-refractivity contribution is 0.0923. The molecule has 6 heteroatoms. The minimum atomic E-state index is -0.329. The van der Waals surface area contributed by atoms with Crippen LogP contribution in [0.15, 0.2) is 16.5 Å². The van der Waals surface area contributed by atoms with Gasteiger partial charge in [0, 0.05) is 12.5 Å². The predicted molar refractivity (Wildman–Crippen MR) is 62.0 cm³/mol. The minimum Gasteiger partial charge on any atom is -0.440 e. The van der Waals surface area contributed by atoms with Gasteiger partial charge in [0.25, 0.3) is 5.91 Å². The molecular weight excluding hydrogens is 236 g/mol. The molecular formula is C9H11ClN2O2S. The van der Waals surface area contributed by atoms with Gasteiger partial charge in [-0.25, -0.2) is 0 Å². The molecule has 1 amide bonds. The van der Waals surface area contributed by atoms with Crippen LogP contribution in [0.2, 0.25) is 5.22 Å². The van der Waals surface area contributed by atoms with Crippen LogP contribution in [-0.2, 0) is 0 Å². The Labute approximate surface area is 97.8 Å². The molecule has 0 aliphatic heterocycles. The maximum Gasteiger partial charge on any atom is 0.287 e.